The van der Waals surface area contributed by atoms with Gasteiger partial charge < -0.3 is 10.4 Å². The summed E-state index contributed by atoms with van der Waals surface area (Å²) in [6.45, 7) is 3.08. The molecule has 6 heteroatoms. The Morgan fingerprint density at radius 3 is 2.63 bits per heavy atom. The molecule has 0 amide bonds. The topological polar surface area (TPSA) is 32.3 Å². The van der Waals surface area contributed by atoms with E-state index in [-0.39, 0.29) is 17.3 Å². The molecule has 0 aliphatic carbocycles. The van der Waals surface area contributed by atoms with Gasteiger partial charge in [-0.3, -0.25) is 0 Å². The first kappa shape index (κ1) is 16.3. The standard InChI is InChI=1S/C13H18F3NOS/c1-2-5-17-9-10-3-4-12(19-7-6-18)11(8-10)13(14,15)16/h3-4,8,17-18H,2,5-7,9H2,1H3. The molecule has 0 heterocycles. The quantitative estimate of drug-likeness (QED) is 0.598. The van der Waals surface area contributed by atoms with E-state index in [9.17, 15) is 13.2 Å². The molecule has 1 rings (SSSR count). The molecule has 0 saturated carbocycles. The average molecular weight is 293 g/mol. The smallest absolute Gasteiger partial charge is 0.396 e. The Balaban J connectivity index is 2.88. The summed E-state index contributed by atoms with van der Waals surface area (Å²) in [5.74, 6) is 0.260. The third-order valence-corrected chi connectivity index (χ3v) is 3.51. The SMILES string of the molecule is CCCNCc1ccc(SCCO)c(C(F)(F)F)c1. The van der Waals surface area contributed by atoms with Crippen LogP contribution in [0.4, 0.5) is 13.2 Å². The van der Waals surface area contributed by atoms with Gasteiger partial charge in [-0.1, -0.05) is 13.0 Å². The summed E-state index contributed by atoms with van der Waals surface area (Å²) < 4.78 is 38.8. The molecule has 19 heavy (non-hydrogen) atoms. The fourth-order valence-electron chi connectivity index (χ4n) is 1.60. The van der Waals surface area contributed by atoms with Gasteiger partial charge in [0.25, 0.3) is 0 Å². The lowest BCUT2D eigenvalue weighted by Crippen LogP contribution is -2.15. The maximum absolute atomic E-state index is 12.9. The number of halogens is 3. The fourth-order valence-corrected chi connectivity index (χ4v) is 2.41. The second-order valence-corrected chi connectivity index (χ2v) is 5.21. The lowest BCUT2D eigenvalue weighted by Gasteiger charge is -2.14. The molecule has 2 N–H and O–H groups in total. The second kappa shape index (κ2) is 7.77. The molecular weight excluding hydrogens is 275 g/mol. The second-order valence-electron chi connectivity index (χ2n) is 4.08. The lowest BCUT2D eigenvalue weighted by atomic mass is 10.1. The first-order chi connectivity index (χ1) is 8.99. The zero-order valence-corrected chi connectivity index (χ0v) is 11.6. The zero-order valence-electron chi connectivity index (χ0n) is 10.8. The number of aliphatic hydroxyl groups excluding tert-OH is 1. The van der Waals surface area contributed by atoms with Crippen molar-refractivity contribution in [2.24, 2.45) is 0 Å². The van der Waals surface area contributed by atoms with Gasteiger partial charge in [0.2, 0.25) is 0 Å². The first-order valence-corrected chi connectivity index (χ1v) is 7.12. The molecule has 0 saturated heterocycles. The molecule has 0 radical (unpaired) electrons. The largest absolute Gasteiger partial charge is 0.417 e. The number of thioether (sulfide) groups is 1. The summed E-state index contributed by atoms with van der Waals surface area (Å²) >= 11 is 1.02. The molecule has 0 atom stereocenters. The van der Waals surface area contributed by atoms with E-state index in [1.807, 2.05) is 6.92 Å². The minimum Gasteiger partial charge on any atom is -0.396 e. The highest BCUT2D eigenvalue weighted by Gasteiger charge is 2.33. The van der Waals surface area contributed by atoms with Crippen LogP contribution in [0.3, 0.4) is 0 Å². The Hall–Kier alpha value is -0.720. The molecule has 108 valence electrons. The summed E-state index contributed by atoms with van der Waals surface area (Å²) in [4.78, 5) is 0.167. The van der Waals surface area contributed by atoms with Crippen LogP contribution in [0.25, 0.3) is 0 Å². The van der Waals surface area contributed by atoms with E-state index in [0.29, 0.717) is 12.1 Å². The van der Waals surface area contributed by atoms with Gasteiger partial charge in [0.05, 0.1) is 12.2 Å². The molecule has 0 aliphatic rings. The van der Waals surface area contributed by atoms with Crippen molar-refractivity contribution >= 4 is 11.8 Å². The van der Waals surface area contributed by atoms with E-state index in [2.05, 4.69) is 5.32 Å². The number of benzene rings is 1. The predicted molar refractivity (Wildman–Crippen MR) is 71.3 cm³/mol. The van der Waals surface area contributed by atoms with Crippen LogP contribution in [0, 0.1) is 0 Å². The van der Waals surface area contributed by atoms with Gasteiger partial charge in [-0.05, 0) is 30.7 Å². The van der Waals surface area contributed by atoms with Gasteiger partial charge >= 0.3 is 6.18 Å². The highest BCUT2D eigenvalue weighted by Crippen LogP contribution is 2.37. The number of rotatable bonds is 7. The monoisotopic (exact) mass is 293 g/mol. The van der Waals surface area contributed by atoms with E-state index in [0.717, 1.165) is 24.7 Å². The summed E-state index contributed by atoms with van der Waals surface area (Å²) in [6, 6.07) is 4.35. The Morgan fingerprint density at radius 2 is 2.05 bits per heavy atom. The van der Waals surface area contributed by atoms with Crippen LogP contribution in [0.2, 0.25) is 0 Å². The Kier molecular flexibility index (Phi) is 6.68. The summed E-state index contributed by atoms with van der Waals surface area (Å²) in [5, 5.41) is 11.8. The Labute approximate surface area is 115 Å². The number of nitrogens with one attached hydrogen (secondary N) is 1. The van der Waals surface area contributed by atoms with Crippen LogP contribution >= 0.6 is 11.8 Å². The van der Waals surface area contributed by atoms with E-state index in [4.69, 9.17) is 5.11 Å². The average Bonchev–Trinajstić information content (AvgIpc) is 2.36. The van der Waals surface area contributed by atoms with Gasteiger partial charge in [-0.15, -0.1) is 11.8 Å². The zero-order chi connectivity index (χ0) is 14.3. The van der Waals surface area contributed by atoms with Gasteiger partial charge in [-0.2, -0.15) is 13.2 Å². The molecule has 0 bridgehead atoms. The van der Waals surface area contributed by atoms with Crippen LogP contribution in [-0.2, 0) is 12.7 Å². The van der Waals surface area contributed by atoms with Crippen LogP contribution in [-0.4, -0.2) is 24.0 Å². The predicted octanol–water partition coefficient (Wildman–Crippen LogP) is 3.29. The van der Waals surface area contributed by atoms with Gasteiger partial charge in [0, 0.05) is 17.2 Å². The van der Waals surface area contributed by atoms with Crippen molar-refractivity contribution in [1.29, 1.82) is 0 Å². The number of aliphatic hydroxyl groups is 1. The Morgan fingerprint density at radius 1 is 1.32 bits per heavy atom. The maximum Gasteiger partial charge on any atom is 0.417 e. The highest BCUT2D eigenvalue weighted by molar-refractivity contribution is 7.99. The van der Waals surface area contributed by atoms with Gasteiger partial charge in [0.15, 0.2) is 0 Å². The third kappa shape index (κ3) is 5.42. The highest BCUT2D eigenvalue weighted by atomic mass is 32.2. The number of hydrogen-bond donors (Lipinski definition) is 2. The number of hydrogen-bond acceptors (Lipinski definition) is 3. The molecule has 0 aromatic heterocycles. The molecule has 0 fully saturated rings. The van der Waals surface area contributed by atoms with Crippen LogP contribution < -0.4 is 5.32 Å². The first-order valence-electron chi connectivity index (χ1n) is 6.13. The van der Waals surface area contributed by atoms with Crippen LogP contribution in [0.15, 0.2) is 23.1 Å². The molecule has 0 spiro atoms. The van der Waals surface area contributed by atoms with E-state index >= 15 is 0 Å². The fraction of sp³-hybridized carbons (Fsp3) is 0.538. The van der Waals surface area contributed by atoms with Crippen molar-refractivity contribution in [2.75, 3.05) is 18.9 Å². The van der Waals surface area contributed by atoms with Crippen molar-refractivity contribution in [2.45, 2.75) is 31.0 Å². The van der Waals surface area contributed by atoms with E-state index in [1.165, 1.54) is 12.1 Å². The van der Waals surface area contributed by atoms with Crippen LogP contribution in [0.1, 0.15) is 24.5 Å². The minimum atomic E-state index is -4.36. The van der Waals surface area contributed by atoms with Crippen molar-refractivity contribution in [3.05, 3.63) is 29.3 Å². The molecule has 0 unspecified atom stereocenters. The summed E-state index contributed by atoms with van der Waals surface area (Å²) in [5.41, 5.74) is -0.00382. The summed E-state index contributed by atoms with van der Waals surface area (Å²) in [7, 11) is 0. The van der Waals surface area contributed by atoms with Crippen molar-refractivity contribution < 1.29 is 18.3 Å². The Bertz CT molecular complexity index is 396. The molecule has 1 aromatic carbocycles. The van der Waals surface area contributed by atoms with E-state index < -0.39 is 11.7 Å². The van der Waals surface area contributed by atoms with Gasteiger partial charge in [0.1, 0.15) is 0 Å². The lowest BCUT2D eigenvalue weighted by molar-refractivity contribution is -0.139. The normalized spacial score (nSPS) is 11.8. The van der Waals surface area contributed by atoms with Crippen molar-refractivity contribution in [3.63, 3.8) is 0 Å². The molecule has 1 aromatic rings. The molecule has 2 nitrogen and oxygen atoms in total. The van der Waals surface area contributed by atoms with E-state index in [1.54, 1.807) is 6.07 Å². The molecular formula is C13H18F3NOS. The summed E-state index contributed by atoms with van der Waals surface area (Å²) in [6.07, 6.45) is -3.42. The van der Waals surface area contributed by atoms with Gasteiger partial charge in [-0.25, -0.2) is 0 Å². The van der Waals surface area contributed by atoms with Crippen molar-refractivity contribution in [1.82, 2.24) is 5.32 Å². The molecule has 0 aliphatic heterocycles. The van der Waals surface area contributed by atoms with Crippen molar-refractivity contribution in [3.8, 4) is 0 Å². The number of alkyl halides is 3. The maximum atomic E-state index is 12.9. The van der Waals surface area contributed by atoms with Crippen LogP contribution in [0.5, 0.6) is 0 Å². The minimum absolute atomic E-state index is 0.137. The third-order valence-electron chi connectivity index (χ3n) is 2.45.